The number of halogens is 1. The van der Waals surface area contributed by atoms with Crippen molar-refractivity contribution in [2.45, 2.75) is 21.4 Å². The van der Waals surface area contributed by atoms with Gasteiger partial charge in [0.2, 0.25) is 0 Å². The van der Waals surface area contributed by atoms with Crippen molar-refractivity contribution in [3.05, 3.63) is 30.3 Å². The van der Waals surface area contributed by atoms with Crippen LogP contribution in [0.2, 0.25) is 0 Å². The summed E-state index contributed by atoms with van der Waals surface area (Å²) in [7, 11) is -8.23. The van der Waals surface area contributed by atoms with E-state index < -0.39 is 29.6 Å². The first-order chi connectivity index (χ1) is 9.55. The summed E-state index contributed by atoms with van der Waals surface area (Å²) in [5, 5.41) is 0.453. The fourth-order valence-electron chi connectivity index (χ4n) is 1.95. The zero-order chi connectivity index (χ0) is 16.0. The molecule has 0 spiro atoms. The fourth-order valence-corrected chi connectivity index (χ4v) is 4.01. The standard InChI is InChI=1S/C12H12ClNO5S2/c1-7(13)20(15,16)9-3-4-10-8(6-9)2-5-11(14)12(10)21(17,18)19/h2-7H,14H2,1H3,(H,17,18,19). The maximum absolute atomic E-state index is 12.0. The highest BCUT2D eigenvalue weighted by molar-refractivity contribution is 7.93. The predicted octanol–water partition coefficient (Wildman–Crippen LogP) is 2.03. The Labute approximate surface area is 127 Å². The number of rotatable bonds is 3. The second-order valence-corrected chi connectivity index (χ2v) is 8.97. The van der Waals surface area contributed by atoms with Crippen LogP contribution in [0.25, 0.3) is 10.8 Å². The van der Waals surface area contributed by atoms with Crippen molar-refractivity contribution in [2.75, 3.05) is 5.73 Å². The zero-order valence-corrected chi connectivity index (χ0v) is 13.2. The molecule has 9 heteroatoms. The average molecular weight is 350 g/mol. The molecule has 0 amide bonds. The number of anilines is 1. The summed E-state index contributed by atoms with van der Waals surface area (Å²) in [4.78, 5) is -0.480. The van der Waals surface area contributed by atoms with Gasteiger partial charge in [0.1, 0.15) is 9.60 Å². The van der Waals surface area contributed by atoms with Crippen molar-refractivity contribution in [1.82, 2.24) is 0 Å². The lowest BCUT2D eigenvalue weighted by Crippen LogP contribution is -2.11. The Morgan fingerprint density at radius 2 is 1.76 bits per heavy atom. The first kappa shape index (κ1) is 16.0. The minimum Gasteiger partial charge on any atom is -0.398 e. The summed E-state index contributed by atoms with van der Waals surface area (Å²) in [6.45, 7) is 1.33. The SMILES string of the molecule is CC(Cl)S(=O)(=O)c1ccc2c(S(=O)(=O)O)c(N)ccc2c1. The molecule has 6 nitrogen and oxygen atoms in total. The van der Waals surface area contributed by atoms with Gasteiger partial charge in [0.25, 0.3) is 10.1 Å². The van der Waals surface area contributed by atoms with Gasteiger partial charge in [-0.05, 0) is 30.5 Å². The van der Waals surface area contributed by atoms with Crippen molar-refractivity contribution < 1.29 is 21.4 Å². The second kappa shape index (κ2) is 5.13. The quantitative estimate of drug-likeness (QED) is 0.497. The van der Waals surface area contributed by atoms with E-state index in [2.05, 4.69) is 0 Å². The van der Waals surface area contributed by atoms with Crippen molar-refractivity contribution in [3.63, 3.8) is 0 Å². The molecule has 0 saturated heterocycles. The predicted molar refractivity (Wildman–Crippen MR) is 80.7 cm³/mol. The van der Waals surface area contributed by atoms with E-state index in [1.54, 1.807) is 0 Å². The number of sulfone groups is 1. The molecule has 2 aromatic carbocycles. The third-order valence-electron chi connectivity index (χ3n) is 2.99. The van der Waals surface area contributed by atoms with Crippen molar-refractivity contribution in [3.8, 4) is 0 Å². The highest BCUT2D eigenvalue weighted by Crippen LogP contribution is 2.31. The van der Waals surface area contributed by atoms with E-state index in [4.69, 9.17) is 17.3 Å². The van der Waals surface area contributed by atoms with E-state index in [0.717, 1.165) is 0 Å². The first-order valence-corrected chi connectivity index (χ1v) is 9.15. The molecule has 0 radical (unpaired) electrons. The zero-order valence-electron chi connectivity index (χ0n) is 10.8. The maximum Gasteiger partial charge on any atom is 0.297 e. The van der Waals surface area contributed by atoms with Crippen molar-refractivity contribution >= 4 is 48.0 Å². The van der Waals surface area contributed by atoms with Gasteiger partial charge in [0.15, 0.2) is 9.84 Å². The lowest BCUT2D eigenvalue weighted by atomic mass is 10.1. The summed E-state index contributed by atoms with van der Waals surface area (Å²) >= 11 is 5.64. The van der Waals surface area contributed by atoms with Crippen molar-refractivity contribution in [2.24, 2.45) is 0 Å². The molecule has 2 aromatic rings. The second-order valence-electron chi connectivity index (χ2n) is 4.43. The Morgan fingerprint density at radius 1 is 1.14 bits per heavy atom. The van der Waals surface area contributed by atoms with Crippen LogP contribution in [0.15, 0.2) is 40.1 Å². The minimum absolute atomic E-state index is 0.0384. The normalized spacial score (nSPS) is 14.2. The molecule has 0 aliphatic heterocycles. The Balaban J connectivity index is 2.83. The molecule has 0 bridgehead atoms. The monoisotopic (exact) mass is 349 g/mol. The number of hydrogen-bond acceptors (Lipinski definition) is 5. The molecule has 0 fully saturated rings. The molecule has 0 aromatic heterocycles. The molecule has 0 aliphatic rings. The lowest BCUT2D eigenvalue weighted by Gasteiger charge is -2.10. The average Bonchev–Trinajstić information content (AvgIpc) is 2.36. The number of nitrogen functional groups attached to an aromatic ring is 1. The Bertz CT molecular complexity index is 920. The summed E-state index contributed by atoms with van der Waals surface area (Å²) in [5.74, 6) is 0. The minimum atomic E-state index is -4.53. The van der Waals surface area contributed by atoms with Crippen LogP contribution >= 0.6 is 11.6 Å². The Morgan fingerprint density at radius 3 is 2.29 bits per heavy atom. The van der Waals surface area contributed by atoms with Crippen LogP contribution in [-0.2, 0) is 20.0 Å². The van der Waals surface area contributed by atoms with E-state index in [0.29, 0.717) is 5.39 Å². The molecule has 0 saturated carbocycles. The van der Waals surface area contributed by atoms with E-state index in [9.17, 15) is 21.4 Å². The number of hydrogen-bond donors (Lipinski definition) is 2. The molecular weight excluding hydrogens is 338 g/mol. The van der Waals surface area contributed by atoms with Gasteiger partial charge in [-0.2, -0.15) is 8.42 Å². The number of alkyl halides is 1. The smallest absolute Gasteiger partial charge is 0.297 e. The lowest BCUT2D eigenvalue weighted by molar-refractivity contribution is 0.484. The van der Waals surface area contributed by atoms with Gasteiger partial charge in [-0.3, -0.25) is 4.55 Å². The van der Waals surface area contributed by atoms with Gasteiger partial charge in [-0.15, -0.1) is 11.6 Å². The highest BCUT2D eigenvalue weighted by Gasteiger charge is 2.23. The first-order valence-electron chi connectivity index (χ1n) is 5.73. The number of benzene rings is 2. The van der Waals surface area contributed by atoms with Gasteiger partial charge in [-0.1, -0.05) is 12.1 Å². The van der Waals surface area contributed by atoms with Gasteiger partial charge in [0.05, 0.1) is 10.6 Å². The van der Waals surface area contributed by atoms with Crippen LogP contribution in [0.5, 0.6) is 0 Å². The molecule has 21 heavy (non-hydrogen) atoms. The van der Waals surface area contributed by atoms with Crippen LogP contribution in [-0.4, -0.2) is 26.1 Å². The Hall–Kier alpha value is -1.35. The molecular formula is C12H12ClNO5S2. The molecule has 114 valence electrons. The van der Waals surface area contributed by atoms with E-state index in [1.807, 2.05) is 0 Å². The third kappa shape index (κ3) is 2.84. The van der Waals surface area contributed by atoms with E-state index in [1.165, 1.54) is 37.3 Å². The summed E-state index contributed by atoms with van der Waals surface area (Å²) < 4.78 is 54.9. The van der Waals surface area contributed by atoms with Gasteiger partial charge >= 0.3 is 0 Å². The summed E-state index contributed by atoms with van der Waals surface area (Å²) in [6.07, 6.45) is 0. The molecule has 2 rings (SSSR count). The number of nitrogens with two attached hydrogens (primary N) is 1. The fraction of sp³-hybridized carbons (Fsp3) is 0.167. The van der Waals surface area contributed by atoms with Gasteiger partial charge < -0.3 is 5.73 Å². The molecule has 0 aliphatic carbocycles. The number of fused-ring (bicyclic) bond motifs is 1. The molecule has 1 unspecified atom stereocenters. The Kier molecular flexibility index (Phi) is 3.92. The van der Waals surface area contributed by atoms with Crippen molar-refractivity contribution in [1.29, 1.82) is 0 Å². The van der Waals surface area contributed by atoms with Crippen LogP contribution in [0.3, 0.4) is 0 Å². The highest BCUT2D eigenvalue weighted by atomic mass is 35.5. The maximum atomic E-state index is 12.0. The summed E-state index contributed by atoms with van der Waals surface area (Å²) in [6, 6.07) is 6.55. The molecule has 3 N–H and O–H groups in total. The summed E-state index contributed by atoms with van der Waals surface area (Å²) in [5.41, 5.74) is 5.45. The van der Waals surface area contributed by atoms with Crippen LogP contribution < -0.4 is 5.73 Å². The third-order valence-corrected chi connectivity index (χ3v) is 6.43. The van der Waals surface area contributed by atoms with Crippen LogP contribution in [0.4, 0.5) is 5.69 Å². The molecule has 0 heterocycles. The van der Waals surface area contributed by atoms with E-state index >= 15 is 0 Å². The van der Waals surface area contributed by atoms with Crippen LogP contribution in [0, 0.1) is 0 Å². The van der Waals surface area contributed by atoms with Gasteiger partial charge in [0, 0.05) is 5.39 Å². The largest absolute Gasteiger partial charge is 0.398 e. The van der Waals surface area contributed by atoms with E-state index in [-0.39, 0.29) is 16.0 Å². The topological polar surface area (TPSA) is 115 Å². The van der Waals surface area contributed by atoms with Crippen LogP contribution in [0.1, 0.15) is 6.92 Å². The molecule has 1 atom stereocenters. The van der Waals surface area contributed by atoms with Gasteiger partial charge in [-0.25, -0.2) is 8.42 Å².